The standard InChI is InChI=1S/C16H22O/c1-13(2)9-7-8-12-16(17)14(3)15-10-5-4-6-11-15/h4-6,10-11,14H,1,7-9,12H2,2-3H3. The number of rotatable bonds is 7. The summed E-state index contributed by atoms with van der Waals surface area (Å²) in [6.07, 6.45) is 3.77. The molecule has 0 saturated carbocycles. The highest BCUT2D eigenvalue weighted by molar-refractivity contribution is 5.85. The number of Topliss-reactive ketones (excluding diaryl/α,β-unsaturated/α-hetero) is 1. The molecule has 0 heterocycles. The maximum Gasteiger partial charge on any atom is 0.140 e. The summed E-state index contributed by atoms with van der Waals surface area (Å²) in [5, 5.41) is 0. The highest BCUT2D eigenvalue weighted by atomic mass is 16.1. The van der Waals surface area contributed by atoms with Gasteiger partial charge in [0.05, 0.1) is 0 Å². The molecule has 1 aromatic rings. The minimum absolute atomic E-state index is 0.0287. The quantitative estimate of drug-likeness (QED) is 0.498. The second-order valence-electron chi connectivity index (χ2n) is 4.76. The van der Waals surface area contributed by atoms with Crippen molar-refractivity contribution in [2.75, 3.05) is 0 Å². The fraction of sp³-hybridized carbons (Fsp3) is 0.438. The second-order valence-corrected chi connectivity index (χ2v) is 4.76. The van der Waals surface area contributed by atoms with E-state index in [9.17, 15) is 4.79 Å². The average Bonchev–Trinajstić information content (AvgIpc) is 2.34. The summed E-state index contributed by atoms with van der Waals surface area (Å²) in [7, 11) is 0. The average molecular weight is 230 g/mol. The molecule has 0 fully saturated rings. The number of allylic oxidation sites excluding steroid dienone is 1. The fourth-order valence-corrected chi connectivity index (χ4v) is 1.87. The molecule has 0 spiro atoms. The maximum atomic E-state index is 12.0. The van der Waals surface area contributed by atoms with E-state index in [-0.39, 0.29) is 5.92 Å². The van der Waals surface area contributed by atoms with E-state index in [0.717, 1.165) is 24.8 Å². The van der Waals surface area contributed by atoms with Gasteiger partial charge >= 0.3 is 0 Å². The van der Waals surface area contributed by atoms with Crippen LogP contribution in [0.15, 0.2) is 42.5 Å². The third-order valence-electron chi connectivity index (χ3n) is 3.06. The molecule has 1 atom stereocenters. The second kappa shape index (κ2) is 7.05. The van der Waals surface area contributed by atoms with Crippen LogP contribution in [0.25, 0.3) is 0 Å². The molecule has 0 amide bonds. The molecule has 0 bridgehead atoms. The predicted octanol–water partition coefficient (Wildman–Crippen LogP) is 4.50. The van der Waals surface area contributed by atoms with Gasteiger partial charge < -0.3 is 0 Å². The minimum Gasteiger partial charge on any atom is -0.299 e. The Morgan fingerprint density at radius 1 is 1.18 bits per heavy atom. The van der Waals surface area contributed by atoms with Crippen molar-refractivity contribution in [3.05, 3.63) is 48.0 Å². The largest absolute Gasteiger partial charge is 0.299 e. The first-order valence-electron chi connectivity index (χ1n) is 6.33. The van der Waals surface area contributed by atoms with Gasteiger partial charge in [0.25, 0.3) is 0 Å². The normalized spacial score (nSPS) is 12.1. The smallest absolute Gasteiger partial charge is 0.140 e. The molecule has 1 heteroatoms. The Morgan fingerprint density at radius 3 is 2.35 bits per heavy atom. The molecule has 1 nitrogen and oxygen atoms in total. The molecule has 1 unspecified atom stereocenters. The number of carbonyl (C=O) groups is 1. The van der Waals surface area contributed by atoms with Gasteiger partial charge in [0.2, 0.25) is 0 Å². The van der Waals surface area contributed by atoms with Gasteiger partial charge in [-0.25, -0.2) is 0 Å². The van der Waals surface area contributed by atoms with E-state index in [4.69, 9.17) is 0 Å². The van der Waals surface area contributed by atoms with Gasteiger partial charge in [-0.3, -0.25) is 4.79 Å². The van der Waals surface area contributed by atoms with Crippen LogP contribution in [-0.4, -0.2) is 5.78 Å². The van der Waals surface area contributed by atoms with E-state index in [1.54, 1.807) is 0 Å². The number of hydrogen-bond donors (Lipinski definition) is 0. The van der Waals surface area contributed by atoms with Gasteiger partial charge in [0.15, 0.2) is 0 Å². The Hall–Kier alpha value is -1.37. The summed E-state index contributed by atoms with van der Waals surface area (Å²) >= 11 is 0. The monoisotopic (exact) mass is 230 g/mol. The molecule has 0 aliphatic rings. The van der Waals surface area contributed by atoms with Crippen LogP contribution in [-0.2, 0) is 4.79 Å². The summed E-state index contributed by atoms with van der Waals surface area (Å²) in [5.41, 5.74) is 2.32. The number of carbonyl (C=O) groups excluding carboxylic acids is 1. The molecule has 1 rings (SSSR count). The van der Waals surface area contributed by atoms with E-state index in [0.29, 0.717) is 12.2 Å². The van der Waals surface area contributed by atoms with E-state index in [2.05, 4.69) is 6.58 Å². The van der Waals surface area contributed by atoms with Crippen LogP contribution in [0.5, 0.6) is 0 Å². The lowest BCUT2D eigenvalue weighted by atomic mass is 9.93. The van der Waals surface area contributed by atoms with Crippen LogP contribution >= 0.6 is 0 Å². The summed E-state index contributed by atoms with van der Waals surface area (Å²) < 4.78 is 0. The Kier molecular flexibility index (Phi) is 5.68. The van der Waals surface area contributed by atoms with Crippen LogP contribution in [0.4, 0.5) is 0 Å². The van der Waals surface area contributed by atoms with Crippen molar-refractivity contribution in [1.82, 2.24) is 0 Å². The van der Waals surface area contributed by atoms with Crippen LogP contribution in [0.2, 0.25) is 0 Å². The first-order chi connectivity index (χ1) is 8.11. The van der Waals surface area contributed by atoms with Crippen LogP contribution in [0.3, 0.4) is 0 Å². The van der Waals surface area contributed by atoms with E-state index in [1.165, 1.54) is 5.57 Å². The van der Waals surface area contributed by atoms with Crippen molar-refractivity contribution in [1.29, 1.82) is 0 Å². The van der Waals surface area contributed by atoms with Crippen molar-refractivity contribution in [3.63, 3.8) is 0 Å². The molecular formula is C16H22O. The zero-order valence-electron chi connectivity index (χ0n) is 10.9. The van der Waals surface area contributed by atoms with Gasteiger partial charge in [0.1, 0.15) is 5.78 Å². The highest BCUT2D eigenvalue weighted by Crippen LogP contribution is 2.19. The Morgan fingerprint density at radius 2 is 1.76 bits per heavy atom. The first kappa shape index (κ1) is 13.7. The van der Waals surface area contributed by atoms with Crippen LogP contribution < -0.4 is 0 Å². The van der Waals surface area contributed by atoms with Crippen molar-refractivity contribution in [3.8, 4) is 0 Å². The van der Waals surface area contributed by atoms with Crippen molar-refractivity contribution >= 4 is 5.78 Å². The molecule has 0 radical (unpaired) electrons. The summed E-state index contributed by atoms with van der Waals surface area (Å²) in [6.45, 7) is 7.90. The Balaban J connectivity index is 2.35. The third-order valence-corrected chi connectivity index (χ3v) is 3.06. The van der Waals surface area contributed by atoms with Gasteiger partial charge in [-0.1, -0.05) is 42.8 Å². The molecular weight excluding hydrogens is 208 g/mol. The number of hydrogen-bond acceptors (Lipinski definition) is 1. The molecule has 0 N–H and O–H groups in total. The number of benzene rings is 1. The SMILES string of the molecule is C=C(C)CCCCC(=O)C(C)c1ccccc1. The first-order valence-corrected chi connectivity index (χ1v) is 6.33. The summed E-state index contributed by atoms with van der Waals surface area (Å²) in [6, 6.07) is 10.0. The lowest BCUT2D eigenvalue weighted by Crippen LogP contribution is -2.08. The molecule has 0 aromatic heterocycles. The zero-order valence-corrected chi connectivity index (χ0v) is 10.9. The minimum atomic E-state index is 0.0287. The van der Waals surface area contributed by atoms with Gasteiger partial charge in [-0.05, 0) is 31.7 Å². The molecule has 17 heavy (non-hydrogen) atoms. The molecule has 1 aromatic carbocycles. The number of ketones is 1. The van der Waals surface area contributed by atoms with Gasteiger partial charge in [-0.2, -0.15) is 0 Å². The van der Waals surface area contributed by atoms with E-state index < -0.39 is 0 Å². The lowest BCUT2D eigenvalue weighted by molar-refractivity contribution is -0.120. The number of unbranched alkanes of at least 4 members (excludes halogenated alkanes) is 1. The van der Waals surface area contributed by atoms with Crippen molar-refractivity contribution in [2.45, 2.75) is 45.4 Å². The third kappa shape index (κ3) is 4.99. The molecule has 0 saturated heterocycles. The van der Waals surface area contributed by atoms with Crippen molar-refractivity contribution < 1.29 is 4.79 Å². The fourth-order valence-electron chi connectivity index (χ4n) is 1.87. The summed E-state index contributed by atoms with van der Waals surface area (Å²) in [4.78, 5) is 12.0. The topological polar surface area (TPSA) is 17.1 Å². The van der Waals surface area contributed by atoms with E-state index >= 15 is 0 Å². The van der Waals surface area contributed by atoms with E-state index in [1.807, 2.05) is 44.2 Å². The molecule has 92 valence electrons. The maximum absolute atomic E-state index is 12.0. The van der Waals surface area contributed by atoms with Gasteiger partial charge in [0, 0.05) is 12.3 Å². The van der Waals surface area contributed by atoms with Crippen molar-refractivity contribution in [2.24, 2.45) is 0 Å². The zero-order chi connectivity index (χ0) is 12.7. The van der Waals surface area contributed by atoms with Crippen LogP contribution in [0.1, 0.15) is 51.0 Å². The highest BCUT2D eigenvalue weighted by Gasteiger charge is 2.13. The Labute approximate surface area is 105 Å². The molecule has 0 aliphatic heterocycles. The van der Waals surface area contributed by atoms with Gasteiger partial charge in [-0.15, -0.1) is 6.58 Å². The Bertz CT molecular complexity index is 364. The van der Waals surface area contributed by atoms with Crippen LogP contribution in [0, 0.1) is 0 Å². The summed E-state index contributed by atoms with van der Waals surface area (Å²) in [5.74, 6) is 0.374. The lowest BCUT2D eigenvalue weighted by Gasteiger charge is -2.10. The predicted molar refractivity (Wildman–Crippen MR) is 73.1 cm³/mol. The molecule has 0 aliphatic carbocycles.